The van der Waals surface area contributed by atoms with Crippen LogP contribution in [-0.4, -0.2) is 45.2 Å². The maximum Gasteiger partial charge on any atom is 0.263 e. The van der Waals surface area contributed by atoms with Crippen LogP contribution in [0.5, 0.6) is 0 Å². The molecule has 0 unspecified atom stereocenters. The van der Waals surface area contributed by atoms with Crippen molar-refractivity contribution in [2.24, 2.45) is 0 Å². The summed E-state index contributed by atoms with van der Waals surface area (Å²) < 4.78 is 2.91. The molecule has 1 saturated heterocycles. The number of nitrogens with one attached hydrogen (secondary N) is 1. The second kappa shape index (κ2) is 6.22. The van der Waals surface area contributed by atoms with Crippen molar-refractivity contribution in [1.29, 1.82) is 0 Å². The Morgan fingerprint density at radius 2 is 2.09 bits per heavy atom. The van der Waals surface area contributed by atoms with Crippen LogP contribution in [0.2, 0.25) is 4.34 Å². The number of piperidine rings is 1. The Labute approximate surface area is 143 Å². The molecular weight excluding hydrogens is 334 g/mol. The van der Waals surface area contributed by atoms with Gasteiger partial charge in [0, 0.05) is 32.1 Å². The predicted molar refractivity (Wildman–Crippen MR) is 88.9 cm³/mol. The Hall–Kier alpha value is -1.44. The molecule has 1 fully saturated rings. The highest BCUT2D eigenvalue weighted by atomic mass is 35.5. The first kappa shape index (κ1) is 15.1. The van der Waals surface area contributed by atoms with Gasteiger partial charge in [0.05, 0.1) is 15.8 Å². The number of fused-ring (bicyclic) bond motifs is 1. The standard InChI is InChI=1S/C15H18ClN5OS/c16-12-2-1-11(23-12)15(22)20-6-3-10(4-7-20)14-19-18-13-9-17-5-8-21(13)14/h1-2,10,17H,3-9H2. The van der Waals surface area contributed by atoms with E-state index in [0.717, 1.165) is 62.1 Å². The summed E-state index contributed by atoms with van der Waals surface area (Å²) in [5.41, 5.74) is 0. The summed E-state index contributed by atoms with van der Waals surface area (Å²) in [6.07, 6.45) is 1.88. The van der Waals surface area contributed by atoms with Gasteiger partial charge in [0.1, 0.15) is 11.6 Å². The van der Waals surface area contributed by atoms with E-state index in [9.17, 15) is 4.79 Å². The average Bonchev–Trinajstić information content (AvgIpc) is 3.21. The number of carbonyl (C=O) groups excluding carboxylic acids is 1. The zero-order valence-corrected chi connectivity index (χ0v) is 14.2. The van der Waals surface area contributed by atoms with Gasteiger partial charge in [-0.3, -0.25) is 4.79 Å². The number of likely N-dealkylation sites (tertiary alicyclic amines) is 1. The maximum absolute atomic E-state index is 12.5. The monoisotopic (exact) mass is 351 g/mol. The molecule has 2 aliphatic rings. The molecule has 2 aromatic heterocycles. The number of hydrogen-bond acceptors (Lipinski definition) is 5. The third-order valence-electron chi connectivity index (χ3n) is 4.58. The number of amides is 1. The van der Waals surface area contributed by atoms with E-state index >= 15 is 0 Å². The Bertz CT molecular complexity index is 719. The van der Waals surface area contributed by atoms with Gasteiger partial charge in [-0.15, -0.1) is 21.5 Å². The molecule has 1 amide bonds. The number of rotatable bonds is 2. The number of hydrogen-bond donors (Lipinski definition) is 1. The van der Waals surface area contributed by atoms with Gasteiger partial charge in [-0.2, -0.15) is 0 Å². The first-order valence-corrected chi connectivity index (χ1v) is 9.09. The number of carbonyl (C=O) groups is 1. The molecule has 1 N–H and O–H groups in total. The molecule has 4 heterocycles. The van der Waals surface area contributed by atoms with Crippen LogP contribution < -0.4 is 5.32 Å². The summed E-state index contributed by atoms with van der Waals surface area (Å²) in [6.45, 7) is 4.22. The lowest BCUT2D eigenvalue weighted by Crippen LogP contribution is -2.38. The van der Waals surface area contributed by atoms with E-state index in [-0.39, 0.29) is 5.91 Å². The van der Waals surface area contributed by atoms with Gasteiger partial charge < -0.3 is 14.8 Å². The van der Waals surface area contributed by atoms with E-state index in [1.54, 1.807) is 6.07 Å². The van der Waals surface area contributed by atoms with Crippen molar-refractivity contribution in [3.05, 3.63) is 33.0 Å². The third kappa shape index (κ3) is 2.88. The Kier molecular flexibility index (Phi) is 4.09. The summed E-state index contributed by atoms with van der Waals surface area (Å²) in [6, 6.07) is 3.59. The first-order chi connectivity index (χ1) is 11.2. The van der Waals surface area contributed by atoms with Crippen molar-refractivity contribution in [2.45, 2.75) is 31.8 Å². The van der Waals surface area contributed by atoms with E-state index in [4.69, 9.17) is 11.6 Å². The number of nitrogens with zero attached hydrogens (tertiary/aromatic N) is 4. The van der Waals surface area contributed by atoms with E-state index < -0.39 is 0 Å². The van der Waals surface area contributed by atoms with Crippen molar-refractivity contribution in [2.75, 3.05) is 19.6 Å². The molecule has 6 nitrogen and oxygen atoms in total. The molecule has 4 rings (SSSR count). The van der Waals surface area contributed by atoms with Crippen LogP contribution in [0.1, 0.15) is 40.1 Å². The van der Waals surface area contributed by atoms with Crippen molar-refractivity contribution < 1.29 is 4.79 Å². The van der Waals surface area contributed by atoms with Crippen molar-refractivity contribution in [3.63, 3.8) is 0 Å². The van der Waals surface area contributed by atoms with Crippen LogP contribution >= 0.6 is 22.9 Å². The van der Waals surface area contributed by atoms with Crippen LogP contribution in [0, 0.1) is 0 Å². The summed E-state index contributed by atoms with van der Waals surface area (Å²) in [7, 11) is 0. The van der Waals surface area contributed by atoms with Gasteiger partial charge in [0.2, 0.25) is 0 Å². The highest BCUT2D eigenvalue weighted by Crippen LogP contribution is 2.30. The molecule has 23 heavy (non-hydrogen) atoms. The number of aromatic nitrogens is 3. The minimum Gasteiger partial charge on any atom is -0.338 e. The zero-order chi connectivity index (χ0) is 15.8. The van der Waals surface area contributed by atoms with E-state index in [0.29, 0.717) is 10.3 Å². The fourth-order valence-electron chi connectivity index (χ4n) is 3.34. The predicted octanol–water partition coefficient (Wildman–Crippen LogP) is 2.12. The second-order valence-electron chi connectivity index (χ2n) is 5.97. The molecule has 8 heteroatoms. The molecule has 0 aromatic carbocycles. The summed E-state index contributed by atoms with van der Waals surface area (Å²) in [5.74, 6) is 2.60. The van der Waals surface area contributed by atoms with Crippen LogP contribution in [0.4, 0.5) is 0 Å². The third-order valence-corrected chi connectivity index (χ3v) is 5.80. The lowest BCUT2D eigenvalue weighted by Gasteiger charge is -2.31. The Morgan fingerprint density at radius 1 is 1.26 bits per heavy atom. The van der Waals surface area contributed by atoms with Gasteiger partial charge in [-0.1, -0.05) is 11.6 Å². The molecule has 0 spiro atoms. The van der Waals surface area contributed by atoms with Gasteiger partial charge >= 0.3 is 0 Å². The lowest BCUT2D eigenvalue weighted by atomic mass is 9.95. The van der Waals surface area contributed by atoms with E-state index in [2.05, 4.69) is 20.1 Å². The molecule has 0 atom stereocenters. The molecular formula is C15H18ClN5OS. The Balaban J connectivity index is 1.43. The molecule has 0 bridgehead atoms. The summed E-state index contributed by atoms with van der Waals surface area (Å²) in [4.78, 5) is 15.1. The fraction of sp³-hybridized carbons (Fsp3) is 0.533. The molecule has 0 saturated carbocycles. The maximum atomic E-state index is 12.5. The smallest absolute Gasteiger partial charge is 0.263 e. The number of halogens is 1. The Morgan fingerprint density at radius 3 is 2.83 bits per heavy atom. The largest absolute Gasteiger partial charge is 0.338 e. The van der Waals surface area contributed by atoms with Gasteiger partial charge in [-0.05, 0) is 25.0 Å². The lowest BCUT2D eigenvalue weighted by molar-refractivity contribution is 0.0715. The van der Waals surface area contributed by atoms with Gasteiger partial charge in [0.25, 0.3) is 5.91 Å². The minimum absolute atomic E-state index is 0.0906. The molecule has 2 aromatic rings. The second-order valence-corrected chi connectivity index (χ2v) is 7.69. The fourth-order valence-corrected chi connectivity index (χ4v) is 4.35. The highest BCUT2D eigenvalue weighted by Gasteiger charge is 2.29. The highest BCUT2D eigenvalue weighted by molar-refractivity contribution is 7.17. The number of thiophene rings is 1. The van der Waals surface area contributed by atoms with Crippen LogP contribution in [0.15, 0.2) is 12.1 Å². The van der Waals surface area contributed by atoms with E-state index in [1.165, 1.54) is 11.3 Å². The summed E-state index contributed by atoms with van der Waals surface area (Å²) >= 11 is 7.27. The van der Waals surface area contributed by atoms with Crippen molar-refractivity contribution >= 4 is 28.8 Å². The SMILES string of the molecule is O=C(c1ccc(Cl)s1)N1CCC(c2nnc3n2CCNC3)CC1. The van der Waals surface area contributed by atoms with Crippen LogP contribution in [0.25, 0.3) is 0 Å². The summed E-state index contributed by atoms with van der Waals surface area (Å²) in [5, 5.41) is 12.0. The molecule has 122 valence electrons. The van der Waals surface area contributed by atoms with Crippen LogP contribution in [-0.2, 0) is 13.1 Å². The minimum atomic E-state index is 0.0906. The normalized spacial score (nSPS) is 18.9. The van der Waals surface area contributed by atoms with Gasteiger partial charge in [-0.25, -0.2) is 0 Å². The van der Waals surface area contributed by atoms with Crippen molar-refractivity contribution in [3.8, 4) is 0 Å². The molecule has 0 aliphatic carbocycles. The zero-order valence-electron chi connectivity index (χ0n) is 12.7. The van der Waals surface area contributed by atoms with E-state index in [1.807, 2.05) is 11.0 Å². The average molecular weight is 352 g/mol. The topological polar surface area (TPSA) is 63.1 Å². The first-order valence-electron chi connectivity index (χ1n) is 7.89. The van der Waals surface area contributed by atoms with Gasteiger partial charge in [0.15, 0.2) is 0 Å². The van der Waals surface area contributed by atoms with Crippen LogP contribution in [0.3, 0.4) is 0 Å². The molecule has 0 radical (unpaired) electrons. The molecule has 2 aliphatic heterocycles. The van der Waals surface area contributed by atoms with Crippen molar-refractivity contribution in [1.82, 2.24) is 25.0 Å². The quantitative estimate of drug-likeness (QED) is 0.900.